The SMILES string of the molecule is C[C@@H](Sc1nnc(COc2ccccc2Cl)n1C1CC1)c1nnc(-c2ccc(F)cc2)o1. The number of hydrogen-bond acceptors (Lipinski definition) is 7. The first-order valence-corrected chi connectivity index (χ1v) is 11.4. The Labute approximate surface area is 193 Å². The van der Waals surface area contributed by atoms with Gasteiger partial charge in [0.15, 0.2) is 11.0 Å². The van der Waals surface area contributed by atoms with Gasteiger partial charge in [-0.05, 0) is 56.2 Å². The first kappa shape index (κ1) is 21.0. The summed E-state index contributed by atoms with van der Waals surface area (Å²) in [6, 6.07) is 13.7. The van der Waals surface area contributed by atoms with Gasteiger partial charge in [0.1, 0.15) is 18.2 Å². The zero-order valence-electron chi connectivity index (χ0n) is 17.1. The van der Waals surface area contributed by atoms with Crippen LogP contribution in [0.25, 0.3) is 11.5 Å². The van der Waals surface area contributed by atoms with Crippen LogP contribution in [-0.2, 0) is 6.61 Å². The highest BCUT2D eigenvalue weighted by Crippen LogP contribution is 2.42. The molecule has 2 aromatic carbocycles. The van der Waals surface area contributed by atoms with E-state index < -0.39 is 0 Å². The monoisotopic (exact) mass is 471 g/mol. The Bertz CT molecular complexity index is 1230. The van der Waals surface area contributed by atoms with Gasteiger partial charge in [-0.15, -0.1) is 20.4 Å². The second kappa shape index (κ2) is 8.91. The molecule has 0 amide bonds. The standard InChI is InChI=1S/C22H19ClFN5O2S/c1-13(20-26-27-21(31-20)14-6-8-15(24)9-7-14)32-22-28-25-19(29(22)16-10-11-16)12-30-18-5-3-2-4-17(18)23/h2-9,13,16H,10-12H2,1H3/t13-/m1/s1. The van der Waals surface area contributed by atoms with Crippen LogP contribution in [0.3, 0.4) is 0 Å². The van der Waals surface area contributed by atoms with Crippen LogP contribution in [0, 0.1) is 5.82 Å². The van der Waals surface area contributed by atoms with Gasteiger partial charge in [0.25, 0.3) is 0 Å². The molecular weight excluding hydrogens is 453 g/mol. The van der Waals surface area contributed by atoms with Crippen LogP contribution >= 0.6 is 23.4 Å². The van der Waals surface area contributed by atoms with E-state index in [-0.39, 0.29) is 17.7 Å². The third-order valence-corrected chi connectivity index (χ3v) is 6.36. The van der Waals surface area contributed by atoms with E-state index in [0.717, 1.165) is 23.8 Å². The highest BCUT2D eigenvalue weighted by atomic mass is 35.5. The zero-order chi connectivity index (χ0) is 22.1. The van der Waals surface area contributed by atoms with Gasteiger partial charge in [0, 0.05) is 11.6 Å². The third-order valence-electron chi connectivity index (χ3n) is 5.00. The van der Waals surface area contributed by atoms with Gasteiger partial charge >= 0.3 is 0 Å². The summed E-state index contributed by atoms with van der Waals surface area (Å²) in [5.74, 6) is 1.87. The van der Waals surface area contributed by atoms with E-state index in [1.54, 1.807) is 18.2 Å². The molecule has 1 aliphatic rings. The van der Waals surface area contributed by atoms with E-state index in [1.165, 1.54) is 23.9 Å². The van der Waals surface area contributed by atoms with Crippen LogP contribution in [0.5, 0.6) is 5.75 Å². The van der Waals surface area contributed by atoms with Gasteiger partial charge in [-0.3, -0.25) is 4.57 Å². The van der Waals surface area contributed by atoms with Crippen LogP contribution < -0.4 is 4.74 Å². The summed E-state index contributed by atoms with van der Waals surface area (Å²) >= 11 is 7.69. The molecule has 164 valence electrons. The Morgan fingerprint density at radius 2 is 1.91 bits per heavy atom. The topological polar surface area (TPSA) is 78.9 Å². The maximum absolute atomic E-state index is 13.2. The lowest BCUT2D eigenvalue weighted by Gasteiger charge is -2.12. The summed E-state index contributed by atoms with van der Waals surface area (Å²) in [7, 11) is 0. The molecule has 10 heteroatoms. The van der Waals surface area contributed by atoms with Crippen LogP contribution in [0.1, 0.15) is 42.8 Å². The van der Waals surface area contributed by atoms with Gasteiger partial charge in [0.2, 0.25) is 11.8 Å². The number of hydrogen-bond donors (Lipinski definition) is 0. The molecule has 0 spiro atoms. The molecule has 0 N–H and O–H groups in total. The van der Waals surface area contributed by atoms with Crippen LogP contribution in [0.2, 0.25) is 5.02 Å². The molecule has 0 unspecified atom stereocenters. The minimum Gasteiger partial charge on any atom is -0.484 e. The van der Waals surface area contributed by atoms with Crippen molar-refractivity contribution in [3.8, 4) is 17.2 Å². The predicted octanol–water partition coefficient (Wildman–Crippen LogP) is 5.89. The van der Waals surface area contributed by atoms with Gasteiger partial charge in [-0.1, -0.05) is 35.5 Å². The van der Waals surface area contributed by atoms with Crippen molar-refractivity contribution in [3.63, 3.8) is 0 Å². The summed E-state index contributed by atoms with van der Waals surface area (Å²) < 4.78 is 27.0. The number of nitrogens with zero attached hydrogens (tertiary/aromatic N) is 5. The summed E-state index contributed by atoms with van der Waals surface area (Å²) in [6.45, 7) is 2.25. The maximum atomic E-state index is 13.2. The first-order valence-electron chi connectivity index (χ1n) is 10.2. The molecule has 0 aliphatic heterocycles. The minimum absolute atomic E-state index is 0.143. The first-order chi connectivity index (χ1) is 15.6. The third kappa shape index (κ3) is 4.49. The normalized spacial score (nSPS) is 14.5. The van der Waals surface area contributed by atoms with Gasteiger partial charge in [-0.2, -0.15) is 0 Å². The molecule has 2 aromatic heterocycles. The summed E-state index contributed by atoms with van der Waals surface area (Å²) in [5.41, 5.74) is 0.669. The fourth-order valence-corrected chi connectivity index (χ4v) is 4.36. The van der Waals surface area contributed by atoms with Gasteiger partial charge < -0.3 is 9.15 Å². The number of benzene rings is 2. The summed E-state index contributed by atoms with van der Waals surface area (Å²) in [5, 5.41) is 18.2. The van der Waals surface area contributed by atoms with Crippen molar-refractivity contribution in [2.24, 2.45) is 0 Å². The largest absolute Gasteiger partial charge is 0.484 e. The molecule has 7 nitrogen and oxygen atoms in total. The molecular formula is C22H19ClFN5O2S. The zero-order valence-corrected chi connectivity index (χ0v) is 18.7. The highest BCUT2D eigenvalue weighted by Gasteiger charge is 2.31. The fourth-order valence-electron chi connectivity index (χ4n) is 3.21. The lowest BCUT2D eigenvalue weighted by atomic mass is 10.2. The van der Waals surface area contributed by atoms with Gasteiger partial charge in [0.05, 0.1) is 10.3 Å². The molecule has 0 saturated heterocycles. The van der Waals surface area contributed by atoms with Crippen molar-refractivity contribution in [2.45, 2.75) is 42.8 Å². The second-order valence-electron chi connectivity index (χ2n) is 7.43. The second-order valence-corrected chi connectivity index (χ2v) is 9.15. The molecule has 2 heterocycles. The quantitative estimate of drug-likeness (QED) is 0.296. The number of para-hydroxylation sites is 1. The number of aromatic nitrogens is 5. The molecule has 0 radical (unpaired) electrons. The van der Waals surface area contributed by atoms with E-state index >= 15 is 0 Å². The molecule has 1 saturated carbocycles. The average Bonchev–Trinajstić information content (AvgIpc) is 3.36. The van der Waals surface area contributed by atoms with E-state index in [2.05, 4.69) is 25.0 Å². The molecule has 1 atom stereocenters. The van der Waals surface area contributed by atoms with Crippen molar-refractivity contribution in [2.75, 3.05) is 0 Å². The number of ether oxygens (including phenoxy) is 1. The Morgan fingerprint density at radius 1 is 1.12 bits per heavy atom. The lowest BCUT2D eigenvalue weighted by Crippen LogP contribution is -2.07. The highest BCUT2D eigenvalue weighted by molar-refractivity contribution is 7.99. The molecule has 5 rings (SSSR count). The Morgan fingerprint density at radius 3 is 2.66 bits per heavy atom. The Kier molecular flexibility index (Phi) is 5.84. The van der Waals surface area contributed by atoms with Crippen molar-refractivity contribution >= 4 is 23.4 Å². The van der Waals surface area contributed by atoms with Crippen LogP contribution in [0.15, 0.2) is 58.1 Å². The van der Waals surface area contributed by atoms with Crippen LogP contribution in [0.4, 0.5) is 4.39 Å². The van der Waals surface area contributed by atoms with Crippen molar-refractivity contribution in [1.82, 2.24) is 25.0 Å². The molecule has 32 heavy (non-hydrogen) atoms. The maximum Gasteiger partial charge on any atom is 0.247 e. The number of rotatable bonds is 8. The average molecular weight is 472 g/mol. The fraction of sp³-hybridized carbons (Fsp3) is 0.273. The Hall–Kier alpha value is -2.91. The molecule has 4 aromatic rings. The van der Waals surface area contributed by atoms with Crippen molar-refractivity contribution in [1.29, 1.82) is 0 Å². The van der Waals surface area contributed by atoms with E-state index in [1.807, 2.05) is 25.1 Å². The molecule has 0 bridgehead atoms. The lowest BCUT2D eigenvalue weighted by molar-refractivity contribution is 0.288. The van der Waals surface area contributed by atoms with Gasteiger partial charge in [-0.25, -0.2) is 4.39 Å². The Balaban J connectivity index is 1.31. The molecule has 1 aliphatic carbocycles. The van der Waals surface area contributed by atoms with Crippen LogP contribution in [-0.4, -0.2) is 25.0 Å². The number of thioether (sulfide) groups is 1. The summed E-state index contributed by atoms with van der Waals surface area (Å²) in [4.78, 5) is 0. The van der Waals surface area contributed by atoms with E-state index in [9.17, 15) is 4.39 Å². The van der Waals surface area contributed by atoms with Crippen molar-refractivity contribution in [3.05, 3.63) is 71.1 Å². The van der Waals surface area contributed by atoms with E-state index in [0.29, 0.717) is 34.2 Å². The van der Waals surface area contributed by atoms with E-state index in [4.69, 9.17) is 20.8 Å². The minimum atomic E-state index is -0.314. The number of halogens is 2. The smallest absolute Gasteiger partial charge is 0.247 e. The predicted molar refractivity (Wildman–Crippen MR) is 118 cm³/mol. The van der Waals surface area contributed by atoms with Crippen molar-refractivity contribution < 1.29 is 13.5 Å². The summed E-state index contributed by atoms with van der Waals surface area (Å²) in [6.07, 6.45) is 2.16. The molecule has 1 fully saturated rings.